The molecule has 3 atom stereocenters. The normalized spacial score (nSPS) is 19.2. The molecule has 4 rings (SSSR count). The molecule has 0 radical (unpaired) electrons. The maximum Gasteiger partial charge on any atom is 0.416 e. The molecule has 1 aliphatic heterocycles. The van der Waals surface area contributed by atoms with Crippen molar-refractivity contribution in [1.82, 2.24) is 14.5 Å². The fourth-order valence-corrected chi connectivity index (χ4v) is 4.91. The molecule has 1 amide bonds. The van der Waals surface area contributed by atoms with Crippen LogP contribution in [0.15, 0.2) is 60.9 Å². The highest BCUT2D eigenvalue weighted by atomic mass is 19.4. The molecule has 11 heteroatoms. The van der Waals surface area contributed by atoms with Crippen molar-refractivity contribution in [3.8, 4) is 0 Å². The van der Waals surface area contributed by atoms with Crippen LogP contribution in [0.25, 0.3) is 0 Å². The van der Waals surface area contributed by atoms with Gasteiger partial charge in [-0.2, -0.15) is 26.3 Å². The highest BCUT2D eigenvalue weighted by molar-refractivity contribution is 5.76. The molecule has 1 fully saturated rings. The Bertz CT molecular complexity index is 1240. The standard InChI is InChI=1S/C28H29F6N3O2/c1-18(20-14-21(27(29,30)31)16-22(15-20)28(32,33)34)39-24-10-12-37(17-23(24)19-6-4-3-5-7-19)26(38)9-8-25-35-11-13-36(25)2/h3-7,11,13-16,18,23-24H,8-10,12,17H2,1-2H3/t18-,23+,24+/m1/s1. The number of hydrogen-bond donors (Lipinski definition) is 0. The summed E-state index contributed by atoms with van der Waals surface area (Å²) in [7, 11) is 1.85. The number of aromatic nitrogens is 2. The van der Waals surface area contributed by atoms with Gasteiger partial charge >= 0.3 is 12.4 Å². The summed E-state index contributed by atoms with van der Waals surface area (Å²) in [6, 6.07) is 10.8. The van der Waals surface area contributed by atoms with E-state index in [2.05, 4.69) is 4.98 Å². The number of hydrogen-bond acceptors (Lipinski definition) is 3. The van der Waals surface area contributed by atoms with Crippen LogP contribution in [0.5, 0.6) is 0 Å². The van der Waals surface area contributed by atoms with Crippen molar-refractivity contribution in [3.05, 3.63) is 89.0 Å². The van der Waals surface area contributed by atoms with Crippen LogP contribution in [0.3, 0.4) is 0 Å². The average Bonchev–Trinajstić information content (AvgIpc) is 3.31. The Hall–Kier alpha value is -3.34. The van der Waals surface area contributed by atoms with Gasteiger partial charge in [-0.15, -0.1) is 0 Å². The van der Waals surface area contributed by atoms with Crippen molar-refractivity contribution in [2.45, 2.75) is 56.7 Å². The number of benzene rings is 2. The molecular weight excluding hydrogens is 524 g/mol. The van der Waals surface area contributed by atoms with E-state index >= 15 is 0 Å². The lowest BCUT2D eigenvalue weighted by molar-refractivity contribution is -0.143. The van der Waals surface area contributed by atoms with Gasteiger partial charge in [-0.3, -0.25) is 4.79 Å². The summed E-state index contributed by atoms with van der Waals surface area (Å²) < 4.78 is 88.3. The van der Waals surface area contributed by atoms with E-state index in [9.17, 15) is 31.1 Å². The van der Waals surface area contributed by atoms with E-state index in [1.165, 1.54) is 6.92 Å². The molecule has 0 spiro atoms. The molecule has 1 aliphatic rings. The molecule has 0 N–H and O–H groups in total. The number of imidazole rings is 1. The first kappa shape index (κ1) is 28.7. The van der Waals surface area contributed by atoms with Crippen molar-refractivity contribution >= 4 is 5.91 Å². The predicted molar refractivity (Wildman–Crippen MR) is 132 cm³/mol. The molecule has 0 aliphatic carbocycles. The first-order valence-corrected chi connectivity index (χ1v) is 12.6. The minimum absolute atomic E-state index is 0.0573. The number of halogens is 6. The van der Waals surface area contributed by atoms with Crippen LogP contribution in [-0.2, 0) is 35.4 Å². The number of ether oxygens (including phenoxy) is 1. The molecule has 0 bridgehead atoms. The first-order chi connectivity index (χ1) is 18.3. The van der Waals surface area contributed by atoms with Crippen molar-refractivity contribution in [1.29, 1.82) is 0 Å². The van der Waals surface area contributed by atoms with E-state index in [0.717, 1.165) is 11.4 Å². The first-order valence-electron chi connectivity index (χ1n) is 12.6. The van der Waals surface area contributed by atoms with Crippen LogP contribution < -0.4 is 0 Å². The number of rotatable bonds is 7. The Morgan fingerprint density at radius 1 is 1.05 bits per heavy atom. The zero-order valence-electron chi connectivity index (χ0n) is 21.5. The molecule has 39 heavy (non-hydrogen) atoms. The van der Waals surface area contributed by atoms with Gasteiger partial charge in [0.25, 0.3) is 0 Å². The summed E-state index contributed by atoms with van der Waals surface area (Å²) in [5, 5.41) is 0. The van der Waals surface area contributed by atoms with E-state index < -0.39 is 35.7 Å². The lowest BCUT2D eigenvalue weighted by Crippen LogP contribution is -2.46. The van der Waals surface area contributed by atoms with Crippen LogP contribution in [-0.4, -0.2) is 39.6 Å². The van der Waals surface area contributed by atoms with Crippen LogP contribution in [0.1, 0.15) is 59.9 Å². The molecule has 0 unspecified atom stereocenters. The van der Waals surface area contributed by atoms with E-state index in [0.29, 0.717) is 38.1 Å². The van der Waals surface area contributed by atoms with Crippen LogP contribution >= 0.6 is 0 Å². The van der Waals surface area contributed by atoms with Gasteiger partial charge < -0.3 is 14.2 Å². The second-order valence-corrected chi connectivity index (χ2v) is 9.76. The van der Waals surface area contributed by atoms with Crippen LogP contribution in [0.4, 0.5) is 26.3 Å². The summed E-state index contributed by atoms with van der Waals surface area (Å²) in [5.74, 6) is 0.417. The van der Waals surface area contributed by atoms with Gasteiger partial charge in [0.15, 0.2) is 0 Å². The summed E-state index contributed by atoms with van der Waals surface area (Å²) in [6.07, 6.45) is -6.87. The molecule has 2 heterocycles. The van der Waals surface area contributed by atoms with Gasteiger partial charge in [0.05, 0.1) is 23.3 Å². The van der Waals surface area contributed by atoms with Gasteiger partial charge in [-0.25, -0.2) is 4.98 Å². The summed E-state index contributed by atoms with van der Waals surface area (Å²) in [5.41, 5.74) is -2.10. The van der Waals surface area contributed by atoms with Crippen LogP contribution in [0.2, 0.25) is 0 Å². The van der Waals surface area contributed by atoms with Crippen molar-refractivity contribution < 1.29 is 35.9 Å². The molecule has 210 valence electrons. The number of carbonyl (C=O) groups is 1. The monoisotopic (exact) mass is 553 g/mol. The molecule has 5 nitrogen and oxygen atoms in total. The molecular formula is C28H29F6N3O2. The Labute approximate surface area is 222 Å². The second kappa shape index (κ2) is 11.4. The molecule has 1 saturated heterocycles. The second-order valence-electron chi connectivity index (χ2n) is 9.76. The SMILES string of the molecule is C[C@@H](O[C@H]1CCN(C(=O)CCc2nccn2C)C[C@H]1c1ccccc1)c1cc(C(F)(F)F)cc(C(F)(F)F)c1. The topological polar surface area (TPSA) is 47.4 Å². The van der Waals surface area contributed by atoms with Crippen LogP contribution in [0, 0.1) is 0 Å². The molecule has 0 saturated carbocycles. The molecule has 2 aromatic carbocycles. The Kier molecular flexibility index (Phi) is 8.39. The average molecular weight is 554 g/mol. The quantitative estimate of drug-likeness (QED) is 0.312. The zero-order chi connectivity index (χ0) is 28.4. The lowest BCUT2D eigenvalue weighted by Gasteiger charge is -2.40. The largest absolute Gasteiger partial charge is 0.416 e. The maximum absolute atomic E-state index is 13.4. The van der Waals surface area contributed by atoms with Crippen molar-refractivity contribution in [2.75, 3.05) is 13.1 Å². The highest BCUT2D eigenvalue weighted by Crippen LogP contribution is 2.39. The minimum Gasteiger partial charge on any atom is -0.370 e. The molecule has 1 aromatic heterocycles. The maximum atomic E-state index is 13.4. The minimum atomic E-state index is -4.94. The van der Waals surface area contributed by atoms with E-state index in [1.807, 2.05) is 41.9 Å². The van der Waals surface area contributed by atoms with Gasteiger partial charge in [0.1, 0.15) is 5.82 Å². The Morgan fingerprint density at radius 2 is 1.69 bits per heavy atom. The third kappa shape index (κ3) is 7.00. The lowest BCUT2D eigenvalue weighted by atomic mass is 9.87. The van der Waals surface area contributed by atoms with E-state index in [1.54, 1.807) is 17.3 Å². The Morgan fingerprint density at radius 3 is 2.26 bits per heavy atom. The Balaban J connectivity index is 1.53. The smallest absolute Gasteiger partial charge is 0.370 e. The summed E-state index contributed by atoms with van der Waals surface area (Å²) >= 11 is 0. The predicted octanol–water partition coefficient (Wildman–Crippen LogP) is 6.55. The van der Waals surface area contributed by atoms with Gasteiger partial charge in [0, 0.05) is 51.3 Å². The van der Waals surface area contributed by atoms with E-state index in [-0.39, 0.29) is 29.9 Å². The van der Waals surface area contributed by atoms with Gasteiger partial charge in [-0.05, 0) is 42.7 Å². The number of aryl methyl sites for hydroxylation is 2. The molecule has 3 aromatic rings. The number of amides is 1. The zero-order valence-corrected chi connectivity index (χ0v) is 21.5. The summed E-state index contributed by atoms with van der Waals surface area (Å²) in [4.78, 5) is 19.0. The fourth-order valence-electron chi connectivity index (χ4n) is 4.91. The number of carbonyl (C=O) groups excluding carboxylic acids is 1. The number of nitrogens with zero attached hydrogens (tertiary/aromatic N) is 3. The van der Waals surface area contributed by atoms with Crippen molar-refractivity contribution in [3.63, 3.8) is 0 Å². The number of piperidine rings is 1. The third-order valence-electron chi connectivity index (χ3n) is 7.07. The third-order valence-corrected chi connectivity index (χ3v) is 7.07. The highest BCUT2D eigenvalue weighted by Gasteiger charge is 2.38. The fraction of sp³-hybridized carbons (Fsp3) is 0.429. The number of alkyl halides is 6. The van der Waals surface area contributed by atoms with Gasteiger partial charge in [0.2, 0.25) is 5.91 Å². The van der Waals surface area contributed by atoms with E-state index in [4.69, 9.17) is 4.74 Å². The summed E-state index contributed by atoms with van der Waals surface area (Å²) in [6.45, 7) is 2.12. The number of likely N-dealkylation sites (tertiary alicyclic amines) is 1. The van der Waals surface area contributed by atoms with Gasteiger partial charge in [-0.1, -0.05) is 30.3 Å². The van der Waals surface area contributed by atoms with Crippen molar-refractivity contribution in [2.24, 2.45) is 7.05 Å².